The van der Waals surface area contributed by atoms with E-state index in [0.717, 1.165) is 12.2 Å². The Balaban J connectivity index is 1.99. The molecule has 4 amide bonds. The summed E-state index contributed by atoms with van der Waals surface area (Å²) in [7, 11) is 0. The van der Waals surface area contributed by atoms with E-state index in [1.807, 2.05) is 0 Å². The molecule has 0 aromatic rings. The van der Waals surface area contributed by atoms with Gasteiger partial charge in [-0.15, -0.1) is 0 Å². The van der Waals surface area contributed by atoms with Gasteiger partial charge in [0.05, 0.1) is 0 Å². The van der Waals surface area contributed by atoms with Crippen LogP contribution in [0.1, 0.15) is 25.7 Å². The molecule has 22 heavy (non-hydrogen) atoms. The Bertz CT molecular complexity index is 485. The largest absolute Gasteiger partial charge is 0.368 e. The van der Waals surface area contributed by atoms with Crippen LogP contribution in [0.25, 0.3) is 0 Å². The summed E-state index contributed by atoms with van der Waals surface area (Å²) < 4.78 is 0. The molecule has 2 rings (SSSR count). The molecule has 2 fully saturated rings. The Morgan fingerprint density at radius 2 is 1.14 bits per heavy atom. The fraction of sp³-hybridized carbons (Fsp3) is 0.571. The van der Waals surface area contributed by atoms with Gasteiger partial charge in [0.25, 0.3) is 0 Å². The van der Waals surface area contributed by atoms with Gasteiger partial charge in [0, 0.05) is 25.2 Å². The highest BCUT2D eigenvalue weighted by molar-refractivity contribution is 6.00. The second-order valence-electron chi connectivity index (χ2n) is 5.52. The lowest BCUT2D eigenvalue weighted by molar-refractivity contribution is -0.134. The molecule has 0 aromatic carbocycles. The molecule has 2 saturated heterocycles. The predicted molar refractivity (Wildman–Crippen MR) is 77.0 cm³/mol. The van der Waals surface area contributed by atoms with Crippen molar-refractivity contribution in [1.29, 1.82) is 0 Å². The molecule has 120 valence electrons. The van der Waals surface area contributed by atoms with Crippen molar-refractivity contribution in [1.82, 2.24) is 9.80 Å². The summed E-state index contributed by atoms with van der Waals surface area (Å²) >= 11 is 0. The van der Waals surface area contributed by atoms with Crippen LogP contribution in [0.4, 0.5) is 0 Å². The lowest BCUT2D eigenvalue weighted by Crippen LogP contribution is -2.44. The summed E-state index contributed by atoms with van der Waals surface area (Å²) in [6.07, 6.45) is 4.74. The van der Waals surface area contributed by atoms with Crippen LogP contribution in [0.15, 0.2) is 12.2 Å². The zero-order valence-corrected chi connectivity index (χ0v) is 12.2. The third kappa shape index (κ3) is 3.26. The van der Waals surface area contributed by atoms with Crippen molar-refractivity contribution >= 4 is 23.6 Å². The van der Waals surface area contributed by atoms with Crippen LogP contribution in [-0.4, -0.2) is 58.6 Å². The van der Waals surface area contributed by atoms with E-state index in [1.165, 1.54) is 9.80 Å². The van der Waals surface area contributed by atoms with Crippen molar-refractivity contribution in [3.8, 4) is 0 Å². The van der Waals surface area contributed by atoms with Crippen molar-refractivity contribution in [2.24, 2.45) is 11.5 Å². The van der Waals surface area contributed by atoms with Gasteiger partial charge in [-0.05, 0) is 25.7 Å². The predicted octanol–water partition coefficient (Wildman–Crippen LogP) is -1.50. The minimum absolute atomic E-state index is 0.426. The number of nitrogens with zero attached hydrogens (tertiary/aromatic N) is 2. The maximum Gasteiger partial charge on any atom is 0.247 e. The number of amides is 4. The summed E-state index contributed by atoms with van der Waals surface area (Å²) in [4.78, 5) is 49.4. The van der Waals surface area contributed by atoms with Crippen LogP contribution in [0.2, 0.25) is 0 Å². The Morgan fingerprint density at radius 3 is 1.45 bits per heavy atom. The van der Waals surface area contributed by atoms with Crippen LogP contribution < -0.4 is 11.5 Å². The average Bonchev–Trinajstić information content (AvgIpc) is 3.12. The second kappa shape index (κ2) is 6.59. The molecule has 2 heterocycles. The summed E-state index contributed by atoms with van der Waals surface area (Å²) in [5, 5.41) is 0. The Morgan fingerprint density at radius 1 is 0.773 bits per heavy atom. The molecule has 2 atom stereocenters. The number of nitrogens with two attached hydrogens (primary N) is 2. The maximum absolute atomic E-state index is 12.1. The van der Waals surface area contributed by atoms with Gasteiger partial charge in [-0.2, -0.15) is 0 Å². The molecule has 8 nitrogen and oxygen atoms in total. The number of rotatable bonds is 4. The number of primary amides is 2. The molecular formula is C14H20N4O4. The first-order valence-corrected chi connectivity index (χ1v) is 7.29. The van der Waals surface area contributed by atoms with Crippen LogP contribution in [0.5, 0.6) is 0 Å². The lowest BCUT2D eigenvalue weighted by atomic mass is 10.2. The van der Waals surface area contributed by atoms with E-state index >= 15 is 0 Å². The van der Waals surface area contributed by atoms with Crippen molar-refractivity contribution in [2.75, 3.05) is 13.1 Å². The van der Waals surface area contributed by atoms with E-state index in [4.69, 9.17) is 11.5 Å². The molecule has 0 spiro atoms. The molecule has 2 aliphatic heterocycles. The van der Waals surface area contributed by atoms with Crippen molar-refractivity contribution in [2.45, 2.75) is 37.8 Å². The number of hydrogen-bond acceptors (Lipinski definition) is 4. The normalized spacial score (nSPS) is 24.9. The Labute approximate surface area is 128 Å². The molecule has 8 heteroatoms. The first-order valence-electron chi connectivity index (χ1n) is 7.29. The van der Waals surface area contributed by atoms with Gasteiger partial charge in [0.1, 0.15) is 12.1 Å². The number of hydrogen-bond donors (Lipinski definition) is 2. The average molecular weight is 308 g/mol. The van der Waals surface area contributed by atoms with Crippen LogP contribution in [-0.2, 0) is 19.2 Å². The molecule has 0 bridgehead atoms. The summed E-state index contributed by atoms with van der Waals surface area (Å²) in [6.45, 7) is 0.886. The van der Waals surface area contributed by atoms with Gasteiger partial charge in [-0.3, -0.25) is 19.2 Å². The molecule has 2 aliphatic rings. The quantitative estimate of drug-likeness (QED) is 0.612. The minimum atomic E-state index is -0.614. The highest BCUT2D eigenvalue weighted by Crippen LogP contribution is 2.19. The van der Waals surface area contributed by atoms with E-state index in [2.05, 4.69) is 0 Å². The van der Waals surface area contributed by atoms with Gasteiger partial charge < -0.3 is 21.3 Å². The topological polar surface area (TPSA) is 127 Å². The van der Waals surface area contributed by atoms with Crippen molar-refractivity contribution in [3.05, 3.63) is 12.2 Å². The highest BCUT2D eigenvalue weighted by Gasteiger charge is 2.33. The zero-order valence-electron chi connectivity index (χ0n) is 12.2. The monoisotopic (exact) mass is 308 g/mol. The number of carbonyl (C=O) groups excluding carboxylic acids is 4. The standard InChI is InChI=1S/C14H20N4O4/c15-13(21)9-3-1-7-17(9)11(19)5-6-12(20)18-8-2-4-10(18)14(16)22/h5-6,9-10H,1-4,7-8H2,(H2,15,21)(H2,16,22). The molecular weight excluding hydrogens is 288 g/mol. The fourth-order valence-electron chi connectivity index (χ4n) is 2.99. The van der Waals surface area contributed by atoms with Crippen LogP contribution in [0.3, 0.4) is 0 Å². The Kier molecular flexibility index (Phi) is 4.79. The first-order chi connectivity index (χ1) is 10.4. The minimum Gasteiger partial charge on any atom is -0.368 e. The van der Waals surface area contributed by atoms with Gasteiger partial charge >= 0.3 is 0 Å². The molecule has 0 saturated carbocycles. The van der Waals surface area contributed by atoms with E-state index in [9.17, 15) is 19.2 Å². The molecule has 0 radical (unpaired) electrons. The van der Waals surface area contributed by atoms with E-state index < -0.39 is 35.7 Å². The van der Waals surface area contributed by atoms with Gasteiger partial charge in [-0.25, -0.2) is 0 Å². The SMILES string of the molecule is NC(=O)C1CCCN1C(=O)C=CC(=O)N1CCCC1C(N)=O. The number of likely N-dealkylation sites (tertiary alicyclic amines) is 2. The van der Waals surface area contributed by atoms with E-state index in [0.29, 0.717) is 38.8 Å². The summed E-state index contributed by atoms with van der Waals surface area (Å²) in [5.74, 6) is -1.94. The van der Waals surface area contributed by atoms with Crippen LogP contribution in [0, 0.1) is 0 Å². The Hall–Kier alpha value is -2.38. The molecule has 2 unspecified atom stereocenters. The van der Waals surface area contributed by atoms with Gasteiger partial charge in [-0.1, -0.05) is 0 Å². The molecule has 0 aromatic heterocycles. The molecule has 0 aliphatic carbocycles. The van der Waals surface area contributed by atoms with Gasteiger partial charge in [0.15, 0.2) is 0 Å². The summed E-state index contributed by atoms with van der Waals surface area (Å²) in [6, 6.07) is -1.23. The third-order valence-corrected chi connectivity index (χ3v) is 4.10. The highest BCUT2D eigenvalue weighted by atomic mass is 16.2. The summed E-state index contributed by atoms with van der Waals surface area (Å²) in [5.41, 5.74) is 10.5. The first kappa shape index (κ1) is 16.0. The maximum atomic E-state index is 12.1. The lowest BCUT2D eigenvalue weighted by Gasteiger charge is -2.21. The van der Waals surface area contributed by atoms with Crippen LogP contribution >= 0.6 is 0 Å². The third-order valence-electron chi connectivity index (χ3n) is 4.10. The van der Waals surface area contributed by atoms with E-state index in [-0.39, 0.29) is 0 Å². The second-order valence-corrected chi connectivity index (χ2v) is 5.52. The van der Waals surface area contributed by atoms with Crippen molar-refractivity contribution in [3.63, 3.8) is 0 Å². The number of carbonyl (C=O) groups is 4. The molecule has 4 N–H and O–H groups in total. The smallest absolute Gasteiger partial charge is 0.247 e. The zero-order chi connectivity index (χ0) is 16.3. The van der Waals surface area contributed by atoms with Crippen molar-refractivity contribution < 1.29 is 19.2 Å². The fourth-order valence-corrected chi connectivity index (χ4v) is 2.99. The van der Waals surface area contributed by atoms with E-state index in [1.54, 1.807) is 0 Å². The van der Waals surface area contributed by atoms with Gasteiger partial charge in [0.2, 0.25) is 23.6 Å².